The van der Waals surface area contributed by atoms with Crippen LogP contribution < -0.4 is 4.90 Å². The van der Waals surface area contributed by atoms with Crippen LogP contribution in [0.2, 0.25) is 0 Å². The van der Waals surface area contributed by atoms with Crippen LogP contribution in [0.5, 0.6) is 0 Å². The number of aryl methyl sites for hydroxylation is 4. The number of anilines is 1. The summed E-state index contributed by atoms with van der Waals surface area (Å²) in [6.07, 6.45) is 1.59. The van der Waals surface area contributed by atoms with Crippen molar-refractivity contribution in [1.82, 2.24) is 13.9 Å². The van der Waals surface area contributed by atoms with Crippen molar-refractivity contribution in [2.75, 3.05) is 31.1 Å². The Balaban J connectivity index is 1.76. The maximum absolute atomic E-state index is 12.7. The molecule has 1 aliphatic rings. The third-order valence-electron chi connectivity index (χ3n) is 4.63. The number of hydrogen-bond donors (Lipinski definition) is 0. The topological polar surface area (TPSA) is 58.4 Å². The smallest absolute Gasteiger partial charge is 0.262 e. The number of piperazine rings is 1. The lowest BCUT2D eigenvalue weighted by Gasteiger charge is -2.35. The predicted octanol–water partition coefficient (Wildman–Crippen LogP) is 1.86. The molecule has 24 heavy (non-hydrogen) atoms. The zero-order valence-electron chi connectivity index (χ0n) is 14.7. The minimum absolute atomic E-state index is 0.141. The molecule has 1 aromatic heterocycles. The molecular weight excluding hydrogens is 324 g/mol. The molecule has 2 aromatic rings. The molecule has 130 valence electrons. The average Bonchev–Trinajstić information content (AvgIpc) is 2.90. The molecule has 7 heteroatoms. The van der Waals surface area contributed by atoms with E-state index < -0.39 is 10.0 Å². The molecule has 1 aromatic carbocycles. The van der Waals surface area contributed by atoms with Crippen molar-refractivity contribution in [3.05, 3.63) is 41.3 Å². The highest BCUT2D eigenvalue weighted by Gasteiger charge is 2.31. The first-order valence-electron chi connectivity index (χ1n) is 8.11. The van der Waals surface area contributed by atoms with Crippen molar-refractivity contribution in [2.45, 2.75) is 25.8 Å². The van der Waals surface area contributed by atoms with Crippen molar-refractivity contribution in [1.29, 1.82) is 0 Å². The van der Waals surface area contributed by atoms with Gasteiger partial charge in [-0.15, -0.1) is 0 Å². The van der Waals surface area contributed by atoms with E-state index in [1.165, 1.54) is 21.1 Å². The van der Waals surface area contributed by atoms with Gasteiger partial charge in [0, 0.05) is 45.1 Å². The fraction of sp³-hybridized carbons (Fsp3) is 0.471. The first-order chi connectivity index (χ1) is 11.3. The van der Waals surface area contributed by atoms with E-state index in [-0.39, 0.29) is 5.03 Å². The van der Waals surface area contributed by atoms with Crippen molar-refractivity contribution in [2.24, 2.45) is 7.05 Å². The highest BCUT2D eigenvalue weighted by atomic mass is 32.2. The Kier molecular flexibility index (Phi) is 4.40. The minimum Gasteiger partial charge on any atom is -0.369 e. The summed E-state index contributed by atoms with van der Waals surface area (Å²) >= 11 is 0. The van der Waals surface area contributed by atoms with E-state index in [0.717, 1.165) is 0 Å². The molecule has 0 aliphatic carbocycles. The lowest BCUT2D eigenvalue weighted by Crippen LogP contribution is -2.49. The third-order valence-corrected chi connectivity index (χ3v) is 6.40. The van der Waals surface area contributed by atoms with Crippen LogP contribution in [0.25, 0.3) is 0 Å². The van der Waals surface area contributed by atoms with Crippen molar-refractivity contribution in [3.8, 4) is 0 Å². The third kappa shape index (κ3) is 3.06. The standard InChI is InChI=1S/C17H24N4O2S/c1-13-5-6-14(2)16(11-13)20-7-9-21(10-8-20)24(22,23)17-12-19(4)15(3)18-17/h5-6,11-12H,7-10H2,1-4H3. The summed E-state index contributed by atoms with van der Waals surface area (Å²) in [5.74, 6) is 0.697. The molecule has 1 aliphatic heterocycles. The van der Waals surface area contributed by atoms with Crippen LogP contribution in [0.15, 0.2) is 29.4 Å². The van der Waals surface area contributed by atoms with Crippen LogP contribution >= 0.6 is 0 Å². The van der Waals surface area contributed by atoms with E-state index in [4.69, 9.17) is 0 Å². The van der Waals surface area contributed by atoms with Gasteiger partial charge in [0.15, 0.2) is 5.03 Å². The van der Waals surface area contributed by atoms with Crippen molar-refractivity contribution in [3.63, 3.8) is 0 Å². The molecular formula is C17H24N4O2S. The minimum atomic E-state index is -3.51. The average molecular weight is 348 g/mol. The second kappa shape index (κ2) is 6.22. The van der Waals surface area contributed by atoms with Crippen LogP contribution in [-0.4, -0.2) is 48.5 Å². The normalized spacial score (nSPS) is 16.6. The Labute approximate surface area is 143 Å². The van der Waals surface area contributed by atoms with Gasteiger partial charge in [-0.3, -0.25) is 0 Å². The van der Waals surface area contributed by atoms with Crippen LogP contribution in [-0.2, 0) is 17.1 Å². The molecule has 0 unspecified atom stereocenters. The van der Waals surface area contributed by atoms with Gasteiger partial charge in [0.2, 0.25) is 0 Å². The summed E-state index contributed by atoms with van der Waals surface area (Å²) in [7, 11) is -1.71. The van der Waals surface area contributed by atoms with Crippen molar-refractivity contribution >= 4 is 15.7 Å². The number of sulfonamides is 1. The van der Waals surface area contributed by atoms with Gasteiger partial charge in [0.25, 0.3) is 10.0 Å². The number of rotatable bonds is 3. The number of imidazole rings is 1. The SMILES string of the molecule is Cc1ccc(C)c(N2CCN(S(=O)(=O)c3cn(C)c(C)n3)CC2)c1. The first kappa shape index (κ1) is 17.0. The lowest BCUT2D eigenvalue weighted by atomic mass is 10.1. The molecule has 6 nitrogen and oxygen atoms in total. The van der Waals surface area contributed by atoms with Gasteiger partial charge in [-0.2, -0.15) is 4.31 Å². The van der Waals surface area contributed by atoms with E-state index in [9.17, 15) is 8.42 Å². The second-order valence-electron chi connectivity index (χ2n) is 6.42. The Morgan fingerprint density at radius 2 is 1.71 bits per heavy atom. The summed E-state index contributed by atoms with van der Waals surface area (Å²) in [6, 6.07) is 6.38. The summed E-state index contributed by atoms with van der Waals surface area (Å²) in [4.78, 5) is 6.44. The van der Waals surface area contributed by atoms with Crippen LogP contribution in [0.3, 0.4) is 0 Å². The van der Waals surface area contributed by atoms with Crippen LogP contribution in [0.4, 0.5) is 5.69 Å². The highest BCUT2D eigenvalue weighted by Crippen LogP contribution is 2.24. The Bertz CT molecular complexity index is 830. The monoisotopic (exact) mass is 348 g/mol. The highest BCUT2D eigenvalue weighted by molar-refractivity contribution is 7.89. The molecule has 0 radical (unpaired) electrons. The number of aromatic nitrogens is 2. The molecule has 0 spiro atoms. The van der Waals surface area contributed by atoms with E-state index in [2.05, 4.69) is 41.9 Å². The predicted molar refractivity (Wildman–Crippen MR) is 94.8 cm³/mol. The van der Waals surface area contributed by atoms with Gasteiger partial charge in [0.1, 0.15) is 5.82 Å². The fourth-order valence-electron chi connectivity index (χ4n) is 3.01. The molecule has 3 rings (SSSR count). The van der Waals surface area contributed by atoms with Gasteiger partial charge in [-0.05, 0) is 38.0 Å². The molecule has 0 saturated carbocycles. The molecule has 1 saturated heterocycles. The van der Waals surface area contributed by atoms with Gasteiger partial charge in [-0.25, -0.2) is 13.4 Å². The quantitative estimate of drug-likeness (QED) is 0.849. The lowest BCUT2D eigenvalue weighted by molar-refractivity contribution is 0.383. The van der Waals surface area contributed by atoms with Crippen molar-refractivity contribution < 1.29 is 8.42 Å². The number of benzene rings is 1. The van der Waals surface area contributed by atoms with Gasteiger partial charge in [0.05, 0.1) is 0 Å². The van der Waals surface area contributed by atoms with Crippen LogP contribution in [0.1, 0.15) is 17.0 Å². The second-order valence-corrected chi connectivity index (χ2v) is 8.30. The van der Waals surface area contributed by atoms with Gasteiger partial charge in [-0.1, -0.05) is 12.1 Å². The van der Waals surface area contributed by atoms with Gasteiger partial charge < -0.3 is 9.47 Å². The Morgan fingerprint density at radius 1 is 1.04 bits per heavy atom. The van der Waals surface area contributed by atoms with E-state index in [0.29, 0.717) is 32.0 Å². The van der Waals surface area contributed by atoms with E-state index >= 15 is 0 Å². The summed E-state index contributed by atoms with van der Waals surface area (Å²) in [6.45, 7) is 8.31. The van der Waals surface area contributed by atoms with Gasteiger partial charge >= 0.3 is 0 Å². The molecule has 0 bridgehead atoms. The van der Waals surface area contributed by atoms with E-state index in [1.54, 1.807) is 24.7 Å². The molecule has 0 N–H and O–H groups in total. The molecule has 0 amide bonds. The number of nitrogens with zero attached hydrogens (tertiary/aromatic N) is 4. The fourth-order valence-corrected chi connectivity index (χ4v) is 4.46. The summed E-state index contributed by atoms with van der Waals surface area (Å²) < 4.78 is 28.8. The van der Waals surface area contributed by atoms with E-state index in [1.807, 2.05) is 0 Å². The Morgan fingerprint density at radius 3 is 2.29 bits per heavy atom. The molecule has 2 heterocycles. The number of hydrogen-bond acceptors (Lipinski definition) is 4. The largest absolute Gasteiger partial charge is 0.369 e. The summed E-state index contributed by atoms with van der Waals surface area (Å²) in [5, 5.41) is 0.141. The maximum atomic E-state index is 12.7. The zero-order valence-corrected chi connectivity index (χ0v) is 15.5. The molecule has 0 atom stereocenters. The van der Waals surface area contributed by atoms with Crippen LogP contribution in [0, 0.1) is 20.8 Å². The molecule has 1 fully saturated rings. The maximum Gasteiger partial charge on any atom is 0.262 e. The first-order valence-corrected chi connectivity index (χ1v) is 9.55. The summed E-state index contributed by atoms with van der Waals surface area (Å²) in [5.41, 5.74) is 3.63. The zero-order chi connectivity index (χ0) is 17.5. The Hall–Kier alpha value is -1.86.